The van der Waals surface area contributed by atoms with Gasteiger partial charge in [-0.25, -0.2) is 0 Å². The fourth-order valence-electron chi connectivity index (χ4n) is 1.88. The molecule has 21 heavy (non-hydrogen) atoms. The zero-order chi connectivity index (χ0) is 16.3. The molecule has 0 aliphatic rings. The normalized spacial score (nSPS) is 12.0. The number of rotatable bonds is 7. The van der Waals surface area contributed by atoms with Crippen LogP contribution in [0.25, 0.3) is 0 Å². The Hall–Kier alpha value is -1.21. The molecule has 0 aliphatic heterocycles. The maximum Gasteiger partial charge on any atom is 0.242 e. The average Bonchev–Trinajstić information content (AvgIpc) is 2.29. The van der Waals surface area contributed by atoms with Gasteiger partial charge in [-0.2, -0.15) is 0 Å². The Bertz CT molecular complexity index is 499. The highest BCUT2D eigenvalue weighted by Gasteiger charge is 2.26. The van der Waals surface area contributed by atoms with Crippen LogP contribution in [0.3, 0.4) is 0 Å². The molecule has 3 nitrogen and oxygen atoms in total. The van der Waals surface area contributed by atoms with E-state index in [2.05, 4.69) is 51.9 Å². The highest BCUT2D eigenvalue weighted by atomic mass is 28.4. The summed E-state index contributed by atoms with van der Waals surface area (Å²) in [7, 11) is -1.82. The molecule has 0 aromatic heterocycles. The summed E-state index contributed by atoms with van der Waals surface area (Å²) in [5.74, 6) is 2.28. The van der Waals surface area contributed by atoms with Crippen LogP contribution in [0, 0.1) is 0 Å². The summed E-state index contributed by atoms with van der Waals surface area (Å²) in [5.41, 5.74) is 1.12. The first-order chi connectivity index (χ1) is 9.55. The summed E-state index contributed by atoms with van der Waals surface area (Å²) in [4.78, 5) is 0. The van der Waals surface area contributed by atoms with Gasteiger partial charge in [-0.3, -0.25) is 0 Å². The predicted octanol–water partition coefficient (Wildman–Crippen LogP) is 4.85. The van der Waals surface area contributed by atoms with Crippen LogP contribution in [0.2, 0.25) is 39.3 Å². The quantitative estimate of drug-likeness (QED) is 0.530. The minimum atomic E-state index is -1.75. The van der Waals surface area contributed by atoms with Crippen molar-refractivity contribution in [1.82, 2.24) is 0 Å². The SMILES string of the molecule is C=CCc1cc(OC)c(O[Si](C)(C)C)c(O[Si](C)(C)C)c1. The van der Waals surface area contributed by atoms with Gasteiger partial charge in [-0.05, 0) is 63.4 Å². The summed E-state index contributed by atoms with van der Waals surface area (Å²) in [5, 5.41) is 0. The van der Waals surface area contributed by atoms with E-state index in [9.17, 15) is 0 Å². The molecular weight excluding hydrogens is 296 g/mol. The molecule has 0 aliphatic carbocycles. The molecule has 1 aromatic rings. The van der Waals surface area contributed by atoms with Crippen LogP contribution >= 0.6 is 0 Å². The van der Waals surface area contributed by atoms with E-state index in [0.717, 1.165) is 29.2 Å². The summed E-state index contributed by atoms with van der Waals surface area (Å²) < 4.78 is 18.0. The van der Waals surface area contributed by atoms with Crippen LogP contribution in [0.15, 0.2) is 24.8 Å². The van der Waals surface area contributed by atoms with Crippen LogP contribution in [-0.2, 0) is 6.42 Å². The Labute approximate surface area is 131 Å². The van der Waals surface area contributed by atoms with E-state index < -0.39 is 16.6 Å². The van der Waals surface area contributed by atoms with Gasteiger partial charge in [0.2, 0.25) is 16.6 Å². The molecule has 0 saturated carbocycles. The third kappa shape index (κ3) is 5.97. The lowest BCUT2D eigenvalue weighted by Crippen LogP contribution is -2.32. The smallest absolute Gasteiger partial charge is 0.242 e. The zero-order valence-electron chi connectivity index (χ0n) is 14.4. The number of hydrogen-bond donors (Lipinski definition) is 0. The van der Waals surface area contributed by atoms with Crippen LogP contribution in [0.1, 0.15) is 5.56 Å². The van der Waals surface area contributed by atoms with E-state index >= 15 is 0 Å². The van der Waals surface area contributed by atoms with Gasteiger partial charge >= 0.3 is 0 Å². The van der Waals surface area contributed by atoms with Crippen LogP contribution in [0.5, 0.6) is 17.2 Å². The summed E-state index contributed by atoms with van der Waals surface area (Å²) >= 11 is 0. The van der Waals surface area contributed by atoms with E-state index in [-0.39, 0.29) is 0 Å². The largest absolute Gasteiger partial charge is 0.542 e. The minimum Gasteiger partial charge on any atom is -0.542 e. The van der Waals surface area contributed by atoms with E-state index in [0.29, 0.717) is 0 Å². The Morgan fingerprint density at radius 3 is 1.90 bits per heavy atom. The molecule has 0 heterocycles. The Kier molecular flexibility index (Phi) is 5.70. The van der Waals surface area contributed by atoms with Gasteiger partial charge < -0.3 is 13.6 Å². The first kappa shape index (κ1) is 17.8. The van der Waals surface area contributed by atoms with Crippen molar-refractivity contribution in [2.24, 2.45) is 0 Å². The lowest BCUT2D eigenvalue weighted by atomic mass is 10.1. The Balaban J connectivity index is 3.37. The van der Waals surface area contributed by atoms with E-state index in [1.807, 2.05) is 12.1 Å². The Morgan fingerprint density at radius 2 is 1.48 bits per heavy atom. The fourth-order valence-corrected chi connectivity index (χ4v) is 3.50. The molecule has 0 unspecified atom stereocenters. The van der Waals surface area contributed by atoms with Crippen molar-refractivity contribution in [2.45, 2.75) is 45.7 Å². The van der Waals surface area contributed by atoms with Crippen molar-refractivity contribution in [3.63, 3.8) is 0 Å². The molecule has 0 atom stereocenters. The molecule has 1 rings (SSSR count). The van der Waals surface area contributed by atoms with Crippen molar-refractivity contribution in [3.05, 3.63) is 30.4 Å². The maximum atomic E-state index is 6.23. The van der Waals surface area contributed by atoms with Crippen LogP contribution in [0.4, 0.5) is 0 Å². The third-order valence-corrected chi connectivity index (χ3v) is 4.15. The summed E-state index contributed by atoms with van der Waals surface area (Å²) in [6.07, 6.45) is 2.66. The van der Waals surface area contributed by atoms with Crippen molar-refractivity contribution in [2.75, 3.05) is 7.11 Å². The topological polar surface area (TPSA) is 27.7 Å². The number of ether oxygens (including phenoxy) is 1. The van der Waals surface area contributed by atoms with E-state index in [1.165, 1.54) is 0 Å². The second kappa shape index (κ2) is 6.70. The molecule has 1 aromatic carbocycles. The molecule has 0 spiro atoms. The highest BCUT2D eigenvalue weighted by molar-refractivity contribution is 6.71. The minimum absolute atomic E-state index is 0.741. The fraction of sp³-hybridized carbons (Fsp3) is 0.500. The van der Waals surface area contributed by atoms with Crippen molar-refractivity contribution < 1.29 is 13.6 Å². The highest BCUT2D eigenvalue weighted by Crippen LogP contribution is 2.41. The molecule has 0 saturated heterocycles. The lowest BCUT2D eigenvalue weighted by Gasteiger charge is -2.27. The number of benzene rings is 1. The Morgan fingerprint density at radius 1 is 0.952 bits per heavy atom. The molecule has 0 N–H and O–H groups in total. The monoisotopic (exact) mass is 324 g/mol. The van der Waals surface area contributed by atoms with Gasteiger partial charge in [-0.15, -0.1) is 6.58 Å². The number of allylic oxidation sites excluding steroid dienone is 1. The summed E-state index contributed by atoms with van der Waals surface area (Å²) in [6.45, 7) is 16.8. The van der Waals surface area contributed by atoms with Crippen molar-refractivity contribution in [3.8, 4) is 17.2 Å². The molecule has 0 bridgehead atoms. The number of hydrogen-bond acceptors (Lipinski definition) is 3. The van der Waals surface area contributed by atoms with Crippen LogP contribution in [-0.4, -0.2) is 23.7 Å². The molecule has 5 heteroatoms. The standard InChI is InChI=1S/C16H28O3Si2/c1-9-10-13-11-14(17-2)16(19-21(6,7)8)15(12-13)18-20(3,4)5/h9,11-12H,1,10H2,2-8H3. The first-order valence-corrected chi connectivity index (χ1v) is 14.1. The van der Waals surface area contributed by atoms with Gasteiger partial charge in [0, 0.05) is 0 Å². The molecular formula is C16H28O3Si2. The molecule has 0 fully saturated rings. The zero-order valence-corrected chi connectivity index (χ0v) is 16.4. The van der Waals surface area contributed by atoms with Gasteiger partial charge in [0.15, 0.2) is 11.5 Å². The maximum absolute atomic E-state index is 6.23. The van der Waals surface area contributed by atoms with Gasteiger partial charge in [0.25, 0.3) is 0 Å². The molecule has 118 valence electrons. The van der Waals surface area contributed by atoms with Gasteiger partial charge in [-0.1, -0.05) is 6.08 Å². The summed E-state index contributed by atoms with van der Waals surface area (Å²) in [6, 6.07) is 4.06. The molecule has 0 amide bonds. The van der Waals surface area contributed by atoms with E-state index in [1.54, 1.807) is 7.11 Å². The first-order valence-electron chi connectivity index (χ1n) is 7.25. The van der Waals surface area contributed by atoms with Gasteiger partial charge in [0.1, 0.15) is 5.75 Å². The molecule has 0 radical (unpaired) electrons. The van der Waals surface area contributed by atoms with Crippen molar-refractivity contribution in [1.29, 1.82) is 0 Å². The van der Waals surface area contributed by atoms with E-state index in [4.69, 9.17) is 13.6 Å². The van der Waals surface area contributed by atoms with Crippen molar-refractivity contribution >= 4 is 16.6 Å². The third-order valence-electron chi connectivity index (χ3n) is 2.50. The number of methoxy groups -OCH3 is 1. The predicted molar refractivity (Wildman–Crippen MR) is 94.8 cm³/mol. The van der Waals surface area contributed by atoms with Crippen LogP contribution < -0.4 is 13.6 Å². The van der Waals surface area contributed by atoms with Gasteiger partial charge in [0.05, 0.1) is 7.11 Å². The second-order valence-electron chi connectivity index (χ2n) is 7.05. The second-order valence-corrected chi connectivity index (χ2v) is 15.9. The average molecular weight is 325 g/mol. The lowest BCUT2D eigenvalue weighted by molar-refractivity contribution is 0.383.